The molecule has 2 aliphatic heterocycles. The molecule has 0 spiro atoms. The van der Waals surface area contributed by atoms with Crippen LogP contribution in [0.1, 0.15) is 5.69 Å². The summed E-state index contributed by atoms with van der Waals surface area (Å²) in [6, 6.07) is 9.94. The average Bonchev–Trinajstić information content (AvgIpc) is 3.26. The molecule has 4 rings (SSSR count). The van der Waals surface area contributed by atoms with Crippen LogP contribution in [0.3, 0.4) is 0 Å². The predicted octanol–water partition coefficient (Wildman–Crippen LogP) is 1.98. The molecule has 6 heteroatoms. The van der Waals surface area contributed by atoms with Crippen LogP contribution in [-0.2, 0) is 20.7 Å². The van der Waals surface area contributed by atoms with Crippen molar-refractivity contribution in [2.75, 3.05) is 19.7 Å². The van der Waals surface area contributed by atoms with Crippen LogP contribution >= 0.6 is 11.3 Å². The molecule has 3 heterocycles. The van der Waals surface area contributed by atoms with Crippen molar-refractivity contribution in [3.63, 3.8) is 0 Å². The number of aromatic nitrogens is 1. The number of hydrogen-bond donors (Lipinski definition) is 0. The summed E-state index contributed by atoms with van der Waals surface area (Å²) in [7, 11) is 0. The fourth-order valence-electron chi connectivity index (χ4n) is 3.18. The molecular weight excluding hydrogens is 312 g/mol. The molecule has 2 aromatic rings. The number of fused-ring (bicyclic) bond motifs is 1. The highest BCUT2D eigenvalue weighted by atomic mass is 32.1. The summed E-state index contributed by atoms with van der Waals surface area (Å²) in [6.45, 7) is 1.55. The molecule has 2 atom stereocenters. The van der Waals surface area contributed by atoms with Gasteiger partial charge in [0.05, 0.1) is 24.6 Å². The van der Waals surface area contributed by atoms with Crippen LogP contribution in [0, 0.1) is 11.8 Å². The van der Waals surface area contributed by atoms with Crippen molar-refractivity contribution in [2.24, 2.45) is 11.8 Å². The molecule has 2 saturated heterocycles. The van der Waals surface area contributed by atoms with Gasteiger partial charge in [0.25, 0.3) is 0 Å². The van der Waals surface area contributed by atoms with Gasteiger partial charge < -0.3 is 9.64 Å². The Kier molecular flexibility index (Phi) is 3.61. The predicted molar refractivity (Wildman–Crippen MR) is 85.8 cm³/mol. The van der Waals surface area contributed by atoms with Crippen molar-refractivity contribution in [1.82, 2.24) is 9.88 Å². The van der Waals surface area contributed by atoms with Crippen molar-refractivity contribution >= 4 is 23.2 Å². The molecule has 0 radical (unpaired) electrons. The maximum atomic E-state index is 12.4. The van der Waals surface area contributed by atoms with E-state index in [1.54, 1.807) is 16.2 Å². The number of hydrogen-bond acceptors (Lipinski definition) is 5. The molecule has 5 nitrogen and oxygen atoms in total. The first-order chi connectivity index (χ1) is 11.2. The van der Waals surface area contributed by atoms with Crippen molar-refractivity contribution in [3.05, 3.63) is 41.4 Å². The van der Waals surface area contributed by atoms with Crippen molar-refractivity contribution in [2.45, 2.75) is 6.42 Å². The Balaban J connectivity index is 1.42. The van der Waals surface area contributed by atoms with Crippen LogP contribution in [0.5, 0.6) is 0 Å². The van der Waals surface area contributed by atoms with Crippen LogP contribution in [0.15, 0.2) is 35.7 Å². The molecule has 2 aliphatic rings. The third kappa shape index (κ3) is 2.74. The fourth-order valence-corrected chi connectivity index (χ4v) is 4.00. The van der Waals surface area contributed by atoms with E-state index < -0.39 is 0 Å². The smallest absolute Gasteiger partial charge is 0.311 e. The van der Waals surface area contributed by atoms with Gasteiger partial charge >= 0.3 is 5.97 Å². The van der Waals surface area contributed by atoms with Crippen LogP contribution in [0.4, 0.5) is 0 Å². The number of nitrogens with zero attached hydrogens (tertiary/aromatic N) is 2. The van der Waals surface area contributed by atoms with E-state index in [1.807, 2.05) is 35.7 Å². The van der Waals surface area contributed by atoms with Crippen LogP contribution in [0.2, 0.25) is 0 Å². The molecule has 0 bridgehead atoms. The number of benzene rings is 1. The normalized spacial score (nSPS) is 23.0. The summed E-state index contributed by atoms with van der Waals surface area (Å²) in [5.41, 5.74) is 1.85. The maximum Gasteiger partial charge on any atom is 0.311 e. The van der Waals surface area contributed by atoms with Gasteiger partial charge in [-0.1, -0.05) is 30.3 Å². The van der Waals surface area contributed by atoms with E-state index in [1.165, 1.54) is 0 Å². The first kappa shape index (κ1) is 14.4. The molecule has 2 fully saturated rings. The highest BCUT2D eigenvalue weighted by molar-refractivity contribution is 7.13. The Hall–Kier alpha value is -2.21. The van der Waals surface area contributed by atoms with E-state index in [0.29, 0.717) is 19.7 Å². The molecular formula is C17H16N2O3S. The van der Waals surface area contributed by atoms with E-state index in [4.69, 9.17) is 4.74 Å². The Morgan fingerprint density at radius 1 is 1.30 bits per heavy atom. The summed E-state index contributed by atoms with van der Waals surface area (Å²) in [5.74, 6) is -0.0848. The molecule has 23 heavy (non-hydrogen) atoms. The van der Waals surface area contributed by atoms with Crippen LogP contribution < -0.4 is 0 Å². The number of ether oxygens (including phenoxy) is 1. The van der Waals surface area contributed by atoms with E-state index in [2.05, 4.69) is 4.98 Å². The van der Waals surface area contributed by atoms with Gasteiger partial charge in [0, 0.05) is 30.0 Å². The van der Waals surface area contributed by atoms with Gasteiger partial charge in [-0.25, -0.2) is 4.98 Å². The molecule has 0 aliphatic carbocycles. The number of cyclic esters (lactones) is 1. The Morgan fingerprint density at radius 3 is 2.91 bits per heavy atom. The number of esters is 1. The zero-order valence-electron chi connectivity index (χ0n) is 12.5. The second-order valence-corrected chi connectivity index (χ2v) is 6.84. The monoisotopic (exact) mass is 328 g/mol. The van der Waals surface area contributed by atoms with Gasteiger partial charge in [0.15, 0.2) is 0 Å². The number of thiazole rings is 1. The molecule has 1 aromatic heterocycles. The summed E-state index contributed by atoms with van der Waals surface area (Å²) < 4.78 is 5.03. The van der Waals surface area contributed by atoms with Gasteiger partial charge in [-0.3, -0.25) is 9.59 Å². The largest absolute Gasteiger partial charge is 0.465 e. The third-order valence-electron chi connectivity index (χ3n) is 4.44. The summed E-state index contributed by atoms with van der Waals surface area (Å²) in [4.78, 5) is 30.3. The van der Waals surface area contributed by atoms with Crippen molar-refractivity contribution in [1.29, 1.82) is 0 Å². The standard InChI is InChI=1S/C17H16N2O3S/c20-15(19-7-12-9-22-17(21)14(12)8-19)6-13-10-23-16(18-13)11-4-2-1-3-5-11/h1-5,10,12,14H,6-9H2/t12-,14-/m1/s1. The topological polar surface area (TPSA) is 59.5 Å². The Labute approximate surface area is 137 Å². The van der Waals surface area contributed by atoms with E-state index >= 15 is 0 Å². The van der Waals surface area contributed by atoms with Gasteiger partial charge in [0.2, 0.25) is 5.91 Å². The first-order valence-electron chi connectivity index (χ1n) is 7.65. The number of likely N-dealkylation sites (tertiary alicyclic amines) is 1. The fraction of sp³-hybridized carbons (Fsp3) is 0.353. The minimum Gasteiger partial charge on any atom is -0.465 e. The minimum absolute atomic E-state index is 0.0390. The summed E-state index contributed by atoms with van der Waals surface area (Å²) in [6.07, 6.45) is 0.290. The number of amides is 1. The molecule has 0 saturated carbocycles. The molecule has 0 N–H and O–H groups in total. The average molecular weight is 328 g/mol. The first-order valence-corrected chi connectivity index (χ1v) is 8.53. The lowest BCUT2D eigenvalue weighted by Crippen LogP contribution is -2.32. The van der Waals surface area contributed by atoms with Crippen molar-refractivity contribution in [3.8, 4) is 10.6 Å². The Morgan fingerprint density at radius 2 is 2.13 bits per heavy atom. The zero-order chi connectivity index (χ0) is 15.8. The number of carbonyl (C=O) groups excluding carboxylic acids is 2. The molecule has 1 aromatic carbocycles. The lowest BCUT2D eigenvalue weighted by Gasteiger charge is -2.16. The molecule has 1 amide bonds. The lowest BCUT2D eigenvalue weighted by molar-refractivity contribution is -0.142. The zero-order valence-corrected chi connectivity index (χ0v) is 13.3. The quantitative estimate of drug-likeness (QED) is 0.809. The van der Waals surface area contributed by atoms with E-state index in [9.17, 15) is 9.59 Å². The van der Waals surface area contributed by atoms with Crippen molar-refractivity contribution < 1.29 is 14.3 Å². The number of carbonyl (C=O) groups is 2. The van der Waals surface area contributed by atoms with Crippen LogP contribution in [-0.4, -0.2) is 41.5 Å². The lowest BCUT2D eigenvalue weighted by atomic mass is 10.0. The van der Waals surface area contributed by atoms with Gasteiger partial charge in [-0.2, -0.15) is 0 Å². The maximum absolute atomic E-state index is 12.4. The van der Waals surface area contributed by atoms with Gasteiger partial charge in [0.1, 0.15) is 5.01 Å². The van der Waals surface area contributed by atoms with Gasteiger partial charge in [-0.05, 0) is 0 Å². The number of rotatable bonds is 3. The highest BCUT2D eigenvalue weighted by Crippen LogP contribution is 2.31. The second kappa shape index (κ2) is 5.77. The molecule has 118 valence electrons. The van der Waals surface area contributed by atoms with E-state index in [-0.39, 0.29) is 30.1 Å². The third-order valence-corrected chi connectivity index (χ3v) is 5.38. The second-order valence-electron chi connectivity index (χ2n) is 5.98. The summed E-state index contributed by atoms with van der Waals surface area (Å²) in [5, 5.41) is 2.86. The van der Waals surface area contributed by atoms with E-state index in [0.717, 1.165) is 16.3 Å². The van der Waals surface area contributed by atoms with Crippen LogP contribution in [0.25, 0.3) is 10.6 Å². The highest BCUT2D eigenvalue weighted by Gasteiger charge is 2.45. The molecule has 0 unspecified atom stereocenters. The summed E-state index contributed by atoms with van der Waals surface area (Å²) >= 11 is 1.55. The van der Waals surface area contributed by atoms with Gasteiger partial charge in [-0.15, -0.1) is 11.3 Å². The Bertz CT molecular complexity index is 743. The SMILES string of the molecule is O=C1OC[C@H]2CN(C(=O)Cc3csc(-c4ccccc4)n3)C[C@@H]12. The minimum atomic E-state index is -0.162.